The van der Waals surface area contributed by atoms with Crippen LogP contribution in [-0.4, -0.2) is 11.6 Å². The third kappa shape index (κ3) is 0.952. The Morgan fingerprint density at radius 2 is 1.69 bits per heavy atom. The van der Waals surface area contributed by atoms with Crippen molar-refractivity contribution in [3.8, 4) is 0 Å². The minimum Gasteiger partial charge on any atom is -0.288 e. The van der Waals surface area contributed by atoms with Crippen LogP contribution in [0.5, 0.6) is 0 Å². The minimum absolute atomic E-state index is 0.0839. The van der Waals surface area contributed by atoms with Crippen LogP contribution >= 0.6 is 0 Å². The van der Waals surface area contributed by atoms with E-state index in [0.29, 0.717) is 11.1 Å². The van der Waals surface area contributed by atoms with Crippen molar-refractivity contribution in [3.05, 3.63) is 47.0 Å². The Balaban J connectivity index is 2.74. The molecular weight excluding hydrogens is 164 g/mol. The highest BCUT2D eigenvalue weighted by molar-refractivity contribution is 6.39. The number of aryl methyl sites for hydroxylation is 1. The number of rotatable bonds is 0. The standard InChI is InChI=1S/C11H8O2/c1-6-3-4-8-9(5-6)11(13)7(2)10(8)12/h3-5H,2H2,1H3. The fourth-order valence-electron chi connectivity index (χ4n) is 1.47. The largest absolute Gasteiger partial charge is 0.288 e. The number of ketones is 2. The summed E-state index contributed by atoms with van der Waals surface area (Å²) in [7, 11) is 0. The first-order valence-corrected chi connectivity index (χ1v) is 4.00. The number of fused-ring (bicyclic) bond motifs is 1. The summed E-state index contributed by atoms with van der Waals surface area (Å²) >= 11 is 0. The molecule has 1 aromatic rings. The molecule has 2 rings (SSSR count). The van der Waals surface area contributed by atoms with Crippen molar-refractivity contribution in [2.75, 3.05) is 0 Å². The van der Waals surface area contributed by atoms with E-state index in [2.05, 4.69) is 6.58 Å². The summed E-state index contributed by atoms with van der Waals surface area (Å²) in [5.41, 5.74) is 2.05. The van der Waals surface area contributed by atoms with Crippen LogP contribution < -0.4 is 0 Å². The smallest absolute Gasteiger partial charge is 0.197 e. The molecule has 0 saturated carbocycles. The zero-order valence-electron chi connectivity index (χ0n) is 7.26. The minimum atomic E-state index is -0.236. The first-order chi connectivity index (χ1) is 6.11. The highest BCUT2D eigenvalue weighted by atomic mass is 16.2. The van der Waals surface area contributed by atoms with Gasteiger partial charge in [0.05, 0.1) is 5.57 Å². The molecule has 0 atom stereocenters. The lowest BCUT2D eigenvalue weighted by atomic mass is 10.1. The van der Waals surface area contributed by atoms with Gasteiger partial charge >= 0.3 is 0 Å². The van der Waals surface area contributed by atoms with Gasteiger partial charge in [0.25, 0.3) is 0 Å². The van der Waals surface area contributed by atoms with Crippen LogP contribution in [0.1, 0.15) is 26.3 Å². The first-order valence-electron chi connectivity index (χ1n) is 4.00. The summed E-state index contributed by atoms with van der Waals surface area (Å²) in [6, 6.07) is 5.24. The Morgan fingerprint density at radius 1 is 1.08 bits per heavy atom. The molecule has 0 bridgehead atoms. The van der Waals surface area contributed by atoms with Gasteiger partial charge in [0.1, 0.15) is 0 Å². The lowest BCUT2D eigenvalue weighted by Gasteiger charge is -1.95. The maximum Gasteiger partial charge on any atom is 0.197 e. The molecule has 0 spiro atoms. The van der Waals surface area contributed by atoms with Gasteiger partial charge in [-0.25, -0.2) is 0 Å². The average molecular weight is 172 g/mol. The van der Waals surface area contributed by atoms with Crippen LogP contribution in [0, 0.1) is 6.92 Å². The van der Waals surface area contributed by atoms with Crippen LogP contribution in [0.4, 0.5) is 0 Å². The zero-order valence-corrected chi connectivity index (χ0v) is 7.26. The van der Waals surface area contributed by atoms with E-state index in [9.17, 15) is 9.59 Å². The Morgan fingerprint density at radius 3 is 2.38 bits per heavy atom. The van der Waals surface area contributed by atoms with Gasteiger partial charge < -0.3 is 0 Å². The molecule has 0 radical (unpaired) electrons. The fraction of sp³-hybridized carbons (Fsp3) is 0.0909. The van der Waals surface area contributed by atoms with E-state index >= 15 is 0 Å². The van der Waals surface area contributed by atoms with E-state index in [1.54, 1.807) is 12.1 Å². The van der Waals surface area contributed by atoms with E-state index in [-0.39, 0.29) is 17.1 Å². The van der Waals surface area contributed by atoms with E-state index in [1.165, 1.54) is 0 Å². The molecule has 1 aliphatic carbocycles. The Hall–Kier alpha value is -1.70. The Kier molecular flexibility index (Phi) is 1.46. The lowest BCUT2D eigenvalue weighted by Crippen LogP contribution is -1.97. The molecular formula is C11H8O2. The SMILES string of the molecule is C=C1C(=O)c2ccc(C)cc2C1=O. The molecule has 0 N–H and O–H groups in total. The van der Waals surface area contributed by atoms with Crippen LogP contribution in [0.15, 0.2) is 30.4 Å². The van der Waals surface area contributed by atoms with Crippen LogP contribution in [0.25, 0.3) is 0 Å². The monoisotopic (exact) mass is 172 g/mol. The number of Topliss-reactive ketones (excluding diaryl/α,β-unsaturated/α-hetero) is 2. The number of hydrogen-bond acceptors (Lipinski definition) is 2. The number of benzene rings is 1. The molecule has 2 heteroatoms. The summed E-state index contributed by atoms with van der Waals surface area (Å²) in [5.74, 6) is -0.469. The molecule has 2 nitrogen and oxygen atoms in total. The number of allylic oxidation sites excluding steroid dienone is 1. The van der Waals surface area contributed by atoms with E-state index in [4.69, 9.17) is 0 Å². The average Bonchev–Trinajstić information content (AvgIpc) is 2.32. The number of carbonyl (C=O) groups is 2. The molecule has 1 aliphatic rings. The Bertz CT molecular complexity index is 441. The maximum absolute atomic E-state index is 11.4. The van der Waals surface area contributed by atoms with Crippen molar-refractivity contribution in [1.29, 1.82) is 0 Å². The molecule has 13 heavy (non-hydrogen) atoms. The van der Waals surface area contributed by atoms with Crippen molar-refractivity contribution < 1.29 is 9.59 Å². The Labute approximate surface area is 75.9 Å². The molecule has 0 fully saturated rings. The van der Waals surface area contributed by atoms with Crippen molar-refractivity contribution in [2.45, 2.75) is 6.92 Å². The van der Waals surface area contributed by atoms with Gasteiger partial charge in [-0.3, -0.25) is 9.59 Å². The van der Waals surface area contributed by atoms with Crippen molar-refractivity contribution >= 4 is 11.6 Å². The second-order valence-electron chi connectivity index (χ2n) is 3.19. The number of carbonyl (C=O) groups excluding carboxylic acids is 2. The fourth-order valence-corrected chi connectivity index (χ4v) is 1.47. The normalized spacial score (nSPS) is 15.0. The van der Waals surface area contributed by atoms with Gasteiger partial charge in [-0.15, -0.1) is 0 Å². The molecule has 0 saturated heterocycles. The van der Waals surface area contributed by atoms with Gasteiger partial charge in [-0.1, -0.05) is 24.3 Å². The summed E-state index contributed by atoms with van der Waals surface area (Å²) in [4.78, 5) is 22.8. The van der Waals surface area contributed by atoms with Crippen molar-refractivity contribution in [3.63, 3.8) is 0 Å². The third-order valence-corrected chi connectivity index (χ3v) is 2.21. The summed E-state index contributed by atoms with van der Waals surface area (Å²) in [6.45, 7) is 5.35. The summed E-state index contributed by atoms with van der Waals surface area (Å²) in [5, 5.41) is 0. The van der Waals surface area contributed by atoms with Crippen LogP contribution in [0.3, 0.4) is 0 Å². The lowest BCUT2D eigenvalue weighted by molar-refractivity contribution is 0.0989. The highest BCUT2D eigenvalue weighted by Gasteiger charge is 2.30. The number of hydrogen-bond donors (Lipinski definition) is 0. The maximum atomic E-state index is 11.4. The van der Waals surface area contributed by atoms with E-state index < -0.39 is 0 Å². The molecule has 0 aliphatic heterocycles. The van der Waals surface area contributed by atoms with Gasteiger partial charge in [-0.2, -0.15) is 0 Å². The van der Waals surface area contributed by atoms with E-state index in [1.807, 2.05) is 13.0 Å². The van der Waals surface area contributed by atoms with Crippen molar-refractivity contribution in [1.82, 2.24) is 0 Å². The predicted octanol–water partition coefficient (Wildman–Crippen LogP) is 1.93. The molecule has 0 amide bonds. The molecule has 0 unspecified atom stereocenters. The van der Waals surface area contributed by atoms with Gasteiger partial charge in [0.2, 0.25) is 0 Å². The molecule has 64 valence electrons. The summed E-state index contributed by atoms with van der Waals surface area (Å²) < 4.78 is 0. The predicted molar refractivity (Wildman–Crippen MR) is 49.0 cm³/mol. The quantitative estimate of drug-likeness (QED) is 0.442. The second kappa shape index (κ2) is 2.39. The zero-order chi connectivity index (χ0) is 9.59. The first kappa shape index (κ1) is 7.92. The van der Waals surface area contributed by atoms with Gasteiger partial charge in [0, 0.05) is 11.1 Å². The summed E-state index contributed by atoms with van der Waals surface area (Å²) in [6.07, 6.45) is 0. The van der Waals surface area contributed by atoms with Gasteiger partial charge in [0.15, 0.2) is 11.6 Å². The molecule has 1 aromatic carbocycles. The third-order valence-electron chi connectivity index (χ3n) is 2.21. The van der Waals surface area contributed by atoms with Crippen LogP contribution in [-0.2, 0) is 0 Å². The second-order valence-corrected chi connectivity index (χ2v) is 3.19. The van der Waals surface area contributed by atoms with Crippen molar-refractivity contribution in [2.24, 2.45) is 0 Å². The van der Waals surface area contributed by atoms with Crippen LogP contribution in [0.2, 0.25) is 0 Å². The molecule has 0 heterocycles. The molecule has 0 aromatic heterocycles. The topological polar surface area (TPSA) is 34.1 Å². The van der Waals surface area contributed by atoms with Gasteiger partial charge in [-0.05, 0) is 13.0 Å². The van der Waals surface area contributed by atoms with E-state index in [0.717, 1.165) is 5.56 Å². The highest BCUT2D eigenvalue weighted by Crippen LogP contribution is 2.25.